The Kier molecular flexibility index (Phi) is 3.98. The summed E-state index contributed by atoms with van der Waals surface area (Å²) in [6.07, 6.45) is 0.896. The smallest absolute Gasteiger partial charge is 0.123 e. The summed E-state index contributed by atoms with van der Waals surface area (Å²) in [6.45, 7) is 2.11. The van der Waals surface area contributed by atoms with E-state index in [2.05, 4.69) is 19.1 Å². The minimum absolute atomic E-state index is 0.172. The van der Waals surface area contributed by atoms with Crippen molar-refractivity contribution in [1.82, 2.24) is 0 Å². The van der Waals surface area contributed by atoms with Gasteiger partial charge in [-0.1, -0.05) is 31.2 Å². The number of hydrogen-bond donors (Lipinski definition) is 0. The van der Waals surface area contributed by atoms with Gasteiger partial charge >= 0.3 is 0 Å². The molecule has 0 amide bonds. The maximum absolute atomic E-state index is 13.1. The minimum atomic E-state index is -0.172. The molecule has 0 aliphatic rings. The highest BCUT2D eigenvalue weighted by molar-refractivity contribution is 5.29. The summed E-state index contributed by atoms with van der Waals surface area (Å²) < 4.78 is 18.3. The molecular weight excluding hydrogens is 227 g/mol. The molecule has 2 heteroatoms. The Morgan fingerprint density at radius 1 is 1.11 bits per heavy atom. The number of rotatable bonds is 4. The topological polar surface area (TPSA) is 9.23 Å². The molecule has 18 heavy (non-hydrogen) atoms. The molecule has 0 heterocycles. The Morgan fingerprint density at radius 3 is 2.44 bits per heavy atom. The van der Waals surface area contributed by atoms with Gasteiger partial charge in [-0.3, -0.25) is 0 Å². The first-order chi connectivity index (χ1) is 8.69. The predicted molar refractivity (Wildman–Crippen MR) is 71.5 cm³/mol. The first-order valence-electron chi connectivity index (χ1n) is 6.07. The van der Waals surface area contributed by atoms with Crippen molar-refractivity contribution in [2.75, 3.05) is 7.11 Å². The second-order valence-corrected chi connectivity index (χ2v) is 4.51. The van der Waals surface area contributed by atoms with Gasteiger partial charge in [0.15, 0.2) is 0 Å². The lowest BCUT2D eigenvalue weighted by Crippen LogP contribution is -1.99. The van der Waals surface area contributed by atoms with E-state index in [1.807, 2.05) is 18.2 Å². The molecule has 2 rings (SSSR count). The fraction of sp³-hybridized carbons (Fsp3) is 0.250. The van der Waals surface area contributed by atoms with E-state index in [1.54, 1.807) is 19.2 Å². The van der Waals surface area contributed by atoms with Crippen LogP contribution < -0.4 is 4.74 Å². The molecule has 94 valence electrons. The van der Waals surface area contributed by atoms with Crippen LogP contribution in [0.2, 0.25) is 0 Å². The first-order valence-corrected chi connectivity index (χ1v) is 6.07. The molecule has 0 spiro atoms. The van der Waals surface area contributed by atoms with E-state index in [9.17, 15) is 4.39 Å². The summed E-state index contributed by atoms with van der Waals surface area (Å²) in [5.74, 6) is 0.986. The molecule has 0 aliphatic carbocycles. The van der Waals surface area contributed by atoms with Crippen LogP contribution in [0.3, 0.4) is 0 Å². The van der Waals surface area contributed by atoms with Crippen molar-refractivity contribution < 1.29 is 9.13 Å². The van der Waals surface area contributed by atoms with E-state index >= 15 is 0 Å². The van der Waals surface area contributed by atoms with Gasteiger partial charge in [0, 0.05) is 0 Å². The normalized spacial score (nSPS) is 12.2. The van der Waals surface area contributed by atoms with E-state index < -0.39 is 0 Å². The van der Waals surface area contributed by atoms with Gasteiger partial charge in [0.05, 0.1) is 7.11 Å². The molecule has 0 saturated heterocycles. The molecule has 0 aromatic heterocycles. The number of methoxy groups -OCH3 is 1. The van der Waals surface area contributed by atoms with Crippen molar-refractivity contribution in [3.63, 3.8) is 0 Å². The van der Waals surface area contributed by atoms with Crippen LogP contribution in [-0.4, -0.2) is 7.11 Å². The van der Waals surface area contributed by atoms with Crippen LogP contribution in [0, 0.1) is 5.82 Å². The number of ether oxygens (including phenoxy) is 1. The molecule has 0 bridgehead atoms. The standard InChI is InChI=1S/C16H17FO/c1-12(14-4-3-5-15(17)11-14)10-13-6-8-16(18-2)9-7-13/h3-9,11-12H,10H2,1-2H3. The number of halogens is 1. The SMILES string of the molecule is COc1ccc(CC(C)c2cccc(F)c2)cc1. The molecular formula is C16H17FO. The maximum Gasteiger partial charge on any atom is 0.123 e. The van der Waals surface area contributed by atoms with Crippen LogP contribution in [0.25, 0.3) is 0 Å². The highest BCUT2D eigenvalue weighted by Gasteiger charge is 2.07. The van der Waals surface area contributed by atoms with Gasteiger partial charge in [-0.2, -0.15) is 0 Å². The Labute approximate surface area is 107 Å². The zero-order valence-electron chi connectivity index (χ0n) is 10.7. The van der Waals surface area contributed by atoms with Gasteiger partial charge in [0.25, 0.3) is 0 Å². The second kappa shape index (κ2) is 5.67. The maximum atomic E-state index is 13.1. The van der Waals surface area contributed by atoms with Crippen LogP contribution >= 0.6 is 0 Å². The third kappa shape index (κ3) is 3.10. The van der Waals surface area contributed by atoms with Crippen molar-refractivity contribution in [2.45, 2.75) is 19.3 Å². The van der Waals surface area contributed by atoms with Crippen molar-refractivity contribution in [2.24, 2.45) is 0 Å². The fourth-order valence-electron chi connectivity index (χ4n) is 2.05. The molecule has 0 N–H and O–H groups in total. The highest BCUT2D eigenvalue weighted by atomic mass is 19.1. The van der Waals surface area contributed by atoms with Gasteiger partial charge < -0.3 is 4.74 Å². The van der Waals surface area contributed by atoms with E-state index in [1.165, 1.54) is 11.6 Å². The van der Waals surface area contributed by atoms with Crippen LogP contribution in [0.5, 0.6) is 5.75 Å². The quantitative estimate of drug-likeness (QED) is 0.784. The van der Waals surface area contributed by atoms with Gasteiger partial charge in [-0.25, -0.2) is 4.39 Å². The molecule has 2 aromatic carbocycles. The third-order valence-corrected chi connectivity index (χ3v) is 3.12. The zero-order chi connectivity index (χ0) is 13.0. The Bertz CT molecular complexity index is 505. The summed E-state index contributed by atoms with van der Waals surface area (Å²) in [5.41, 5.74) is 2.26. The Balaban J connectivity index is 2.08. The van der Waals surface area contributed by atoms with Crippen molar-refractivity contribution in [3.8, 4) is 5.75 Å². The van der Waals surface area contributed by atoms with Gasteiger partial charge in [-0.05, 0) is 47.7 Å². The van der Waals surface area contributed by atoms with E-state index in [0.717, 1.165) is 17.7 Å². The lowest BCUT2D eigenvalue weighted by molar-refractivity contribution is 0.414. The zero-order valence-corrected chi connectivity index (χ0v) is 10.7. The summed E-state index contributed by atoms with van der Waals surface area (Å²) >= 11 is 0. The van der Waals surface area contributed by atoms with Crippen molar-refractivity contribution in [1.29, 1.82) is 0 Å². The highest BCUT2D eigenvalue weighted by Crippen LogP contribution is 2.22. The molecule has 0 aliphatic heterocycles. The van der Waals surface area contributed by atoms with Gasteiger partial charge in [0.1, 0.15) is 11.6 Å². The van der Waals surface area contributed by atoms with Crippen molar-refractivity contribution >= 4 is 0 Å². The number of benzene rings is 2. The van der Waals surface area contributed by atoms with Crippen LogP contribution in [0.4, 0.5) is 4.39 Å². The lowest BCUT2D eigenvalue weighted by atomic mass is 9.94. The third-order valence-electron chi connectivity index (χ3n) is 3.12. The molecule has 0 radical (unpaired) electrons. The predicted octanol–water partition coefficient (Wildman–Crippen LogP) is 4.18. The fourth-order valence-corrected chi connectivity index (χ4v) is 2.05. The average Bonchev–Trinajstić information content (AvgIpc) is 2.39. The summed E-state index contributed by atoms with van der Waals surface area (Å²) in [5, 5.41) is 0. The summed E-state index contributed by atoms with van der Waals surface area (Å²) in [6, 6.07) is 14.8. The number of hydrogen-bond acceptors (Lipinski definition) is 1. The molecule has 1 nitrogen and oxygen atoms in total. The van der Waals surface area contributed by atoms with Gasteiger partial charge in [0.2, 0.25) is 0 Å². The Morgan fingerprint density at radius 2 is 1.83 bits per heavy atom. The molecule has 1 atom stereocenters. The first kappa shape index (κ1) is 12.6. The second-order valence-electron chi connectivity index (χ2n) is 4.51. The molecule has 2 aromatic rings. The largest absolute Gasteiger partial charge is 0.497 e. The lowest BCUT2D eigenvalue weighted by Gasteiger charge is -2.12. The minimum Gasteiger partial charge on any atom is -0.497 e. The van der Waals surface area contributed by atoms with E-state index in [-0.39, 0.29) is 5.82 Å². The monoisotopic (exact) mass is 244 g/mol. The van der Waals surface area contributed by atoms with Gasteiger partial charge in [-0.15, -0.1) is 0 Å². The van der Waals surface area contributed by atoms with Crippen LogP contribution in [0.1, 0.15) is 24.0 Å². The van der Waals surface area contributed by atoms with E-state index in [4.69, 9.17) is 4.74 Å². The summed E-state index contributed by atoms with van der Waals surface area (Å²) in [7, 11) is 1.66. The molecule has 0 fully saturated rings. The van der Waals surface area contributed by atoms with Crippen LogP contribution in [0.15, 0.2) is 48.5 Å². The molecule has 1 unspecified atom stereocenters. The average molecular weight is 244 g/mol. The summed E-state index contributed by atoms with van der Waals surface area (Å²) in [4.78, 5) is 0. The molecule has 0 saturated carbocycles. The van der Waals surface area contributed by atoms with E-state index in [0.29, 0.717) is 5.92 Å². The Hall–Kier alpha value is -1.83. The van der Waals surface area contributed by atoms with Crippen LogP contribution in [-0.2, 0) is 6.42 Å². The van der Waals surface area contributed by atoms with Crippen molar-refractivity contribution in [3.05, 3.63) is 65.5 Å².